The first-order valence-electron chi connectivity index (χ1n) is 5.30. The number of nitrogen functional groups attached to an aromatic ring is 1. The third-order valence-corrected chi connectivity index (χ3v) is 2.57. The van der Waals surface area contributed by atoms with Gasteiger partial charge in [-0.3, -0.25) is 0 Å². The highest BCUT2D eigenvalue weighted by atomic mass is 16.5. The highest BCUT2D eigenvalue weighted by Crippen LogP contribution is 2.20. The molecule has 3 N–H and O–H groups in total. The van der Waals surface area contributed by atoms with Crippen LogP contribution in [0.1, 0.15) is 11.7 Å². The zero-order chi connectivity index (χ0) is 12.3. The summed E-state index contributed by atoms with van der Waals surface area (Å²) < 4.78 is 6.67. The first kappa shape index (κ1) is 11.5. The van der Waals surface area contributed by atoms with Crippen molar-refractivity contribution >= 4 is 5.82 Å². The van der Waals surface area contributed by atoms with Gasteiger partial charge in [0, 0.05) is 0 Å². The van der Waals surface area contributed by atoms with E-state index in [-0.39, 0.29) is 0 Å². The average Bonchev–Trinajstić information content (AvgIpc) is 2.75. The summed E-state index contributed by atoms with van der Waals surface area (Å²) in [4.78, 5) is 0. The average molecular weight is 233 g/mol. The molecule has 0 aliphatic rings. The molecule has 0 spiro atoms. The second-order valence-corrected chi connectivity index (χ2v) is 3.73. The highest BCUT2D eigenvalue weighted by Gasteiger charge is 2.10. The third-order valence-electron chi connectivity index (χ3n) is 2.57. The number of anilines is 1. The Kier molecular flexibility index (Phi) is 3.30. The van der Waals surface area contributed by atoms with Crippen molar-refractivity contribution < 1.29 is 9.84 Å². The van der Waals surface area contributed by atoms with Gasteiger partial charge in [-0.1, -0.05) is 12.1 Å². The first-order chi connectivity index (χ1) is 8.20. The molecule has 0 bridgehead atoms. The predicted octanol–water partition coefficient (Wildman–Crippen LogP) is 1.21. The second kappa shape index (κ2) is 4.88. The standard InChI is InChI=1S/C12H15N3O2/c1-17-10-4-2-3-9(7-10)11(16)8-15-12(13)5-6-14-15/h2-7,11,16H,8,13H2,1H3. The van der Waals surface area contributed by atoms with Crippen LogP contribution in [0.5, 0.6) is 5.75 Å². The van der Waals surface area contributed by atoms with Crippen LogP contribution < -0.4 is 10.5 Å². The summed E-state index contributed by atoms with van der Waals surface area (Å²) in [5, 5.41) is 14.1. The van der Waals surface area contributed by atoms with E-state index in [9.17, 15) is 5.11 Å². The van der Waals surface area contributed by atoms with Gasteiger partial charge in [-0.05, 0) is 23.8 Å². The molecule has 0 fully saturated rings. The summed E-state index contributed by atoms with van der Waals surface area (Å²) >= 11 is 0. The van der Waals surface area contributed by atoms with Crippen LogP contribution in [0, 0.1) is 0 Å². The van der Waals surface area contributed by atoms with Gasteiger partial charge < -0.3 is 15.6 Å². The molecular weight excluding hydrogens is 218 g/mol. The summed E-state index contributed by atoms with van der Waals surface area (Å²) in [6.07, 6.45) is 0.945. The molecule has 0 saturated heterocycles. The number of nitrogens with zero attached hydrogens (tertiary/aromatic N) is 2. The smallest absolute Gasteiger partial charge is 0.121 e. The summed E-state index contributed by atoms with van der Waals surface area (Å²) in [7, 11) is 1.59. The molecule has 17 heavy (non-hydrogen) atoms. The molecule has 5 nitrogen and oxygen atoms in total. The fraction of sp³-hybridized carbons (Fsp3) is 0.250. The van der Waals surface area contributed by atoms with E-state index in [0.29, 0.717) is 12.4 Å². The topological polar surface area (TPSA) is 73.3 Å². The normalized spacial score (nSPS) is 12.4. The number of aromatic nitrogens is 2. The lowest BCUT2D eigenvalue weighted by Gasteiger charge is -2.13. The van der Waals surface area contributed by atoms with Gasteiger partial charge in [0.2, 0.25) is 0 Å². The minimum absolute atomic E-state index is 0.325. The lowest BCUT2D eigenvalue weighted by molar-refractivity contribution is 0.152. The van der Waals surface area contributed by atoms with Crippen molar-refractivity contribution in [2.24, 2.45) is 0 Å². The lowest BCUT2D eigenvalue weighted by Crippen LogP contribution is -2.12. The maximum absolute atomic E-state index is 10.1. The van der Waals surface area contributed by atoms with E-state index in [1.54, 1.807) is 30.1 Å². The van der Waals surface area contributed by atoms with Gasteiger partial charge in [-0.25, -0.2) is 4.68 Å². The number of aliphatic hydroxyl groups is 1. The van der Waals surface area contributed by atoms with Crippen LogP contribution in [0.4, 0.5) is 5.82 Å². The molecule has 5 heteroatoms. The van der Waals surface area contributed by atoms with Gasteiger partial charge in [0.05, 0.1) is 26.0 Å². The van der Waals surface area contributed by atoms with Crippen molar-refractivity contribution in [1.82, 2.24) is 9.78 Å². The van der Waals surface area contributed by atoms with Crippen LogP contribution in [-0.4, -0.2) is 22.0 Å². The van der Waals surface area contributed by atoms with Gasteiger partial charge in [-0.15, -0.1) is 0 Å². The van der Waals surface area contributed by atoms with E-state index in [4.69, 9.17) is 10.5 Å². The van der Waals surface area contributed by atoms with Gasteiger partial charge >= 0.3 is 0 Å². The SMILES string of the molecule is COc1cccc(C(O)Cn2nccc2N)c1. The zero-order valence-corrected chi connectivity index (χ0v) is 9.58. The quantitative estimate of drug-likeness (QED) is 0.832. The number of rotatable bonds is 4. The summed E-state index contributed by atoms with van der Waals surface area (Å²) in [6.45, 7) is 0.325. The molecule has 1 aromatic carbocycles. The molecule has 1 aromatic heterocycles. The summed E-state index contributed by atoms with van der Waals surface area (Å²) in [5.74, 6) is 1.25. The number of aliphatic hydroxyl groups excluding tert-OH is 1. The van der Waals surface area contributed by atoms with Crippen LogP contribution in [0.3, 0.4) is 0 Å². The maximum Gasteiger partial charge on any atom is 0.121 e. The molecule has 1 unspecified atom stereocenters. The van der Waals surface area contributed by atoms with Crippen LogP contribution in [-0.2, 0) is 6.54 Å². The molecule has 0 radical (unpaired) electrons. The van der Waals surface area contributed by atoms with E-state index >= 15 is 0 Å². The molecule has 1 atom stereocenters. The van der Waals surface area contributed by atoms with Gasteiger partial charge in [0.15, 0.2) is 0 Å². The Morgan fingerprint density at radius 1 is 1.47 bits per heavy atom. The third kappa shape index (κ3) is 2.57. The monoisotopic (exact) mass is 233 g/mol. The number of ether oxygens (including phenoxy) is 1. The maximum atomic E-state index is 10.1. The Bertz CT molecular complexity index is 496. The fourth-order valence-corrected chi connectivity index (χ4v) is 1.61. The fourth-order valence-electron chi connectivity index (χ4n) is 1.61. The lowest BCUT2D eigenvalue weighted by atomic mass is 10.1. The predicted molar refractivity (Wildman–Crippen MR) is 64.6 cm³/mol. The molecule has 2 rings (SSSR count). The minimum Gasteiger partial charge on any atom is -0.497 e. The molecule has 0 aliphatic carbocycles. The van der Waals surface area contributed by atoms with E-state index in [1.165, 1.54) is 0 Å². The highest BCUT2D eigenvalue weighted by molar-refractivity contribution is 5.30. The van der Waals surface area contributed by atoms with Crippen LogP contribution >= 0.6 is 0 Å². The number of methoxy groups -OCH3 is 1. The molecule has 2 aromatic rings. The van der Waals surface area contributed by atoms with Crippen molar-refractivity contribution in [3.63, 3.8) is 0 Å². The van der Waals surface area contributed by atoms with Gasteiger partial charge in [0.25, 0.3) is 0 Å². The van der Waals surface area contributed by atoms with Crippen molar-refractivity contribution in [2.45, 2.75) is 12.6 Å². The number of benzene rings is 1. The molecule has 90 valence electrons. The van der Waals surface area contributed by atoms with Crippen LogP contribution in [0.2, 0.25) is 0 Å². The van der Waals surface area contributed by atoms with E-state index in [0.717, 1.165) is 11.3 Å². The number of hydrogen-bond acceptors (Lipinski definition) is 4. The van der Waals surface area contributed by atoms with E-state index in [1.807, 2.05) is 18.2 Å². The first-order valence-corrected chi connectivity index (χ1v) is 5.30. The second-order valence-electron chi connectivity index (χ2n) is 3.73. The van der Waals surface area contributed by atoms with Crippen molar-refractivity contribution in [3.8, 4) is 5.75 Å². The van der Waals surface area contributed by atoms with Crippen molar-refractivity contribution in [2.75, 3.05) is 12.8 Å². The minimum atomic E-state index is -0.660. The number of nitrogens with two attached hydrogens (primary N) is 1. The molecular formula is C12H15N3O2. The molecule has 0 amide bonds. The van der Waals surface area contributed by atoms with Gasteiger partial charge in [0.1, 0.15) is 11.6 Å². The summed E-state index contributed by atoms with van der Waals surface area (Å²) in [5.41, 5.74) is 6.46. The summed E-state index contributed by atoms with van der Waals surface area (Å²) in [6, 6.07) is 9.00. The van der Waals surface area contributed by atoms with Crippen LogP contribution in [0.15, 0.2) is 36.5 Å². The number of hydrogen-bond donors (Lipinski definition) is 2. The molecule has 0 aliphatic heterocycles. The van der Waals surface area contributed by atoms with Crippen molar-refractivity contribution in [3.05, 3.63) is 42.1 Å². The zero-order valence-electron chi connectivity index (χ0n) is 9.58. The Labute approximate surface area is 99.4 Å². The van der Waals surface area contributed by atoms with E-state index < -0.39 is 6.10 Å². The van der Waals surface area contributed by atoms with Crippen LogP contribution in [0.25, 0.3) is 0 Å². The van der Waals surface area contributed by atoms with Crippen molar-refractivity contribution in [1.29, 1.82) is 0 Å². The van der Waals surface area contributed by atoms with Gasteiger partial charge in [-0.2, -0.15) is 5.10 Å². The molecule has 0 saturated carbocycles. The Morgan fingerprint density at radius 3 is 2.94 bits per heavy atom. The Hall–Kier alpha value is -2.01. The Morgan fingerprint density at radius 2 is 2.29 bits per heavy atom. The van der Waals surface area contributed by atoms with E-state index in [2.05, 4.69) is 5.10 Å². The molecule has 1 heterocycles. The Balaban J connectivity index is 2.14. The largest absolute Gasteiger partial charge is 0.497 e.